The van der Waals surface area contributed by atoms with Crippen molar-refractivity contribution >= 4 is 35.1 Å². The van der Waals surface area contributed by atoms with E-state index in [2.05, 4.69) is 22.2 Å². The monoisotopic (exact) mass is 679 g/mol. The average molecular weight is 681 g/mol. The quantitative estimate of drug-likeness (QED) is 0.0804. The number of carbonyl (C=O) groups is 2. The van der Waals surface area contributed by atoms with Crippen LogP contribution in [0.15, 0.2) is 66.9 Å². The van der Waals surface area contributed by atoms with Gasteiger partial charge in [-0.2, -0.15) is 0 Å². The number of benzene rings is 3. The molecule has 3 aromatic carbocycles. The summed E-state index contributed by atoms with van der Waals surface area (Å²) >= 11 is 12.4. The minimum absolute atomic E-state index is 0.102. The van der Waals surface area contributed by atoms with Crippen molar-refractivity contribution in [3.63, 3.8) is 0 Å². The Labute approximate surface area is 287 Å². The summed E-state index contributed by atoms with van der Waals surface area (Å²) in [6, 6.07) is 18.2. The lowest BCUT2D eigenvalue weighted by molar-refractivity contribution is -0.121. The first kappa shape index (κ1) is 35.8. The summed E-state index contributed by atoms with van der Waals surface area (Å²) in [6.45, 7) is 4.94. The van der Waals surface area contributed by atoms with Crippen LogP contribution in [0, 0.1) is 0 Å². The second-order valence-corrected chi connectivity index (χ2v) is 12.2. The second kappa shape index (κ2) is 18.4. The zero-order chi connectivity index (χ0) is 33.6. The molecule has 1 atom stereocenters. The Morgan fingerprint density at radius 1 is 0.915 bits per heavy atom. The number of esters is 1. The number of methoxy groups -OCH3 is 1. The number of unbranched alkanes of at least 4 members (excludes halogenated alkanes) is 2. The molecule has 4 aromatic rings. The van der Waals surface area contributed by atoms with Gasteiger partial charge in [-0.25, -0.2) is 9.78 Å². The van der Waals surface area contributed by atoms with E-state index in [4.69, 9.17) is 37.4 Å². The summed E-state index contributed by atoms with van der Waals surface area (Å²) in [5.74, 6) is 1.37. The first-order valence-corrected chi connectivity index (χ1v) is 16.9. The van der Waals surface area contributed by atoms with E-state index < -0.39 is 12.0 Å². The Morgan fingerprint density at radius 2 is 1.68 bits per heavy atom. The first-order chi connectivity index (χ1) is 22.8. The fraction of sp³-hybridized carbons (Fsp3) is 0.378. The molecule has 8 nitrogen and oxygen atoms in total. The number of hydrogen-bond acceptors (Lipinski definition) is 6. The fourth-order valence-corrected chi connectivity index (χ4v) is 5.30. The van der Waals surface area contributed by atoms with Gasteiger partial charge in [-0.1, -0.05) is 74.2 Å². The third kappa shape index (κ3) is 10.8. The molecular formula is C37H43Cl2N3O5. The predicted molar refractivity (Wildman–Crippen MR) is 187 cm³/mol. The van der Waals surface area contributed by atoms with Gasteiger partial charge in [0.25, 0.3) is 0 Å². The van der Waals surface area contributed by atoms with Gasteiger partial charge in [0.1, 0.15) is 22.9 Å². The minimum Gasteiger partial charge on any atom is -0.497 e. The number of carbonyl (C=O) groups excluding carboxylic acids is 2. The van der Waals surface area contributed by atoms with Gasteiger partial charge in [0, 0.05) is 18.4 Å². The summed E-state index contributed by atoms with van der Waals surface area (Å²) in [4.78, 5) is 34.5. The SMILES string of the molecule is CCCCOC(=O)c1cc(C(Cc2ncc(-c3ccc(Cl)c(Cl)c3)[nH]2)NC(=O)CCCc2ccc(OC)cc2)ccc1OCCCC. The lowest BCUT2D eigenvalue weighted by atomic mass is 9.99. The van der Waals surface area contributed by atoms with Crippen LogP contribution in [-0.4, -0.2) is 42.2 Å². The number of nitrogens with one attached hydrogen (secondary N) is 2. The lowest BCUT2D eigenvalue weighted by Crippen LogP contribution is -2.30. The Balaban J connectivity index is 1.57. The average Bonchev–Trinajstić information content (AvgIpc) is 3.55. The molecule has 1 unspecified atom stereocenters. The van der Waals surface area contributed by atoms with Crippen LogP contribution >= 0.6 is 23.2 Å². The van der Waals surface area contributed by atoms with Gasteiger partial charge in [-0.3, -0.25) is 4.79 Å². The zero-order valence-electron chi connectivity index (χ0n) is 27.2. The molecule has 250 valence electrons. The molecular weight excluding hydrogens is 637 g/mol. The molecule has 1 amide bonds. The molecule has 10 heteroatoms. The lowest BCUT2D eigenvalue weighted by Gasteiger charge is -2.20. The number of amides is 1. The van der Waals surface area contributed by atoms with Crippen molar-refractivity contribution < 1.29 is 23.8 Å². The molecule has 0 saturated heterocycles. The maximum Gasteiger partial charge on any atom is 0.341 e. The van der Waals surface area contributed by atoms with E-state index >= 15 is 0 Å². The van der Waals surface area contributed by atoms with Crippen LogP contribution in [0.2, 0.25) is 10.0 Å². The van der Waals surface area contributed by atoms with Crippen molar-refractivity contribution in [1.29, 1.82) is 0 Å². The summed E-state index contributed by atoms with van der Waals surface area (Å²) in [7, 11) is 1.64. The number of H-pyrrole nitrogens is 1. The Hall–Kier alpha value is -4.01. The Kier molecular flexibility index (Phi) is 14.0. The van der Waals surface area contributed by atoms with Gasteiger partial charge in [0.2, 0.25) is 5.91 Å². The molecule has 1 aromatic heterocycles. The van der Waals surface area contributed by atoms with E-state index in [1.807, 2.05) is 43.3 Å². The molecule has 1 heterocycles. The molecule has 0 aliphatic heterocycles. The molecule has 2 N–H and O–H groups in total. The molecule has 4 rings (SSSR count). The first-order valence-electron chi connectivity index (χ1n) is 16.2. The standard InChI is InChI=1S/C37H43Cl2N3O5/c1-4-6-19-46-34-18-14-26(21-29(34)37(44)47-20-7-5-2)32(42-36(43)10-8-9-25-11-15-28(45-3)16-12-25)23-35-40-24-33(41-35)27-13-17-30(38)31(39)22-27/h11-18,21-22,24,32H,4-10,19-20,23H2,1-3H3,(H,40,41)(H,42,43). The fourth-order valence-electron chi connectivity index (χ4n) is 5.00. The number of aryl methyl sites for hydroxylation is 1. The number of halogens is 2. The normalized spacial score (nSPS) is 11.6. The van der Waals surface area contributed by atoms with Crippen LogP contribution in [0.3, 0.4) is 0 Å². The Morgan fingerprint density at radius 3 is 2.40 bits per heavy atom. The maximum atomic E-state index is 13.3. The van der Waals surface area contributed by atoms with E-state index in [1.54, 1.807) is 37.6 Å². The number of ether oxygens (including phenoxy) is 3. The van der Waals surface area contributed by atoms with Crippen molar-refractivity contribution in [3.8, 4) is 22.8 Å². The largest absolute Gasteiger partial charge is 0.497 e. The van der Waals surface area contributed by atoms with Crippen LogP contribution in [0.1, 0.15) is 85.7 Å². The highest BCUT2D eigenvalue weighted by molar-refractivity contribution is 6.42. The van der Waals surface area contributed by atoms with E-state index in [0.717, 1.165) is 60.2 Å². The highest BCUT2D eigenvalue weighted by atomic mass is 35.5. The summed E-state index contributed by atoms with van der Waals surface area (Å²) in [5.41, 5.74) is 3.81. The molecule has 0 bridgehead atoms. The van der Waals surface area contributed by atoms with Crippen molar-refractivity contribution in [2.24, 2.45) is 0 Å². The molecule has 0 radical (unpaired) electrons. The van der Waals surface area contributed by atoms with E-state index in [-0.39, 0.29) is 5.91 Å². The van der Waals surface area contributed by atoms with E-state index in [9.17, 15) is 9.59 Å². The number of hydrogen-bond donors (Lipinski definition) is 2. The molecule has 0 aliphatic rings. The summed E-state index contributed by atoms with van der Waals surface area (Å²) in [6.07, 6.45) is 7.35. The number of aromatic nitrogens is 2. The Bertz CT molecular complexity index is 1610. The van der Waals surface area contributed by atoms with Crippen LogP contribution < -0.4 is 14.8 Å². The smallest absolute Gasteiger partial charge is 0.341 e. The maximum absolute atomic E-state index is 13.3. The molecule has 0 saturated carbocycles. The highest BCUT2D eigenvalue weighted by Crippen LogP contribution is 2.30. The van der Waals surface area contributed by atoms with Crippen molar-refractivity contribution in [3.05, 3.63) is 99.4 Å². The molecule has 0 fully saturated rings. The highest BCUT2D eigenvalue weighted by Gasteiger charge is 2.22. The number of nitrogens with zero attached hydrogens (tertiary/aromatic N) is 1. The van der Waals surface area contributed by atoms with Gasteiger partial charge in [-0.05, 0) is 73.2 Å². The zero-order valence-corrected chi connectivity index (χ0v) is 28.8. The minimum atomic E-state index is -0.483. The van der Waals surface area contributed by atoms with E-state index in [0.29, 0.717) is 59.7 Å². The van der Waals surface area contributed by atoms with Crippen molar-refractivity contribution in [1.82, 2.24) is 15.3 Å². The number of rotatable bonds is 18. The van der Waals surface area contributed by atoms with Crippen LogP contribution in [0.4, 0.5) is 0 Å². The van der Waals surface area contributed by atoms with Gasteiger partial charge in [-0.15, -0.1) is 0 Å². The number of aromatic amines is 1. The second-order valence-electron chi connectivity index (χ2n) is 11.3. The van der Waals surface area contributed by atoms with Crippen LogP contribution in [-0.2, 0) is 22.4 Å². The summed E-state index contributed by atoms with van der Waals surface area (Å²) in [5, 5.41) is 4.10. The van der Waals surface area contributed by atoms with Crippen LogP contribution in [0.5, 0.6) is 11.5 Å². The summed E-state index contributed by atoms with van der Waals surface area (Å²) < 4.78 is 16.8. The van der Waals surface area contributed by atoms with E-state index in [1.165, 1.54) is 0 Å². The van der Waals surface area contributed by atoms with Gasteiger partial charge in [0.05, 0.1) is 48.3 Å². The van der Waals surface area contributed by atoms with Gasteiger partial charge < -0.3 is 24.5 Å². The van der Waals surface area contributed by atoms with Crippen molar-refractivity contribution in [2.45, 2.75) is 71.3 Å². The van der Waals surface area contributed by atoms with Crippen LogP contribution in [0.25, 0.3) is 11.3 Å². The number of imidazole rings is 1. The molecule has 0 spiro atoms. The van der Waals surface area contributed by atoms with Gasteiger partial charge >= 0.3 is 5.97 Å². The molecule has 0 aliphatic carbocycles. The van der Waals surface area contributed by atoms with Crippen molar-refractivity contribution in [2.75, 3.05) is 20.3 Å². The predicted octanol–water partition coefficient (Wildman–Crippen LogP) is 8.95. The molecule has 47 heavy (non-hydrogen) atoms. The van der Waals surface area contributed by atoms with Gasteiger partial charge in [0.15, 0.2) is 0 Å². The third-order valence-corrected chi connectivity index (χ3v) is 8.47. The third-order valence-electron chi connectivity index (χ3n) is 7.73. The topological polar surface area (TPSA) is 103 Å².